The molecule has 0 spiro atoms. The largest absolute Gasteiger partial charge is 0.478 e. The van der Waals surface area contributed by atoms with Gasteiger partial charge in [0, 0.05) is 0 Å². The Balaban J connectivity index is 2.39. The van der Waals surface area contributed by atoms with Gasteiger partial charge in [0.2, 0.25) is 6.79 Å². The topological polar surface area (TPSA) is 103 Å². The van der Waals surface area contributed by atoms with E-state index in [0.29, 0.717) is 17.0 Å². The number of carboxylic acid groups (broad SMARTS) is 1. The second-order valence-corrected chi connectivity index (χ2v) is 7.71. The highest BCUT2D eigenvalue weighted by Crippen LogP contribution is 2.25. The summed E-state index contributed by atoms with van der Waals surface area (Å²) in [6.07, 6.45) is 0.221. The minimum atomic E-state index is -1.17. The number of carboxylic acids is 1. The smallest absolute Gasteiger partial charge is 0.343 e. The summed E-state index contributed by atoms with van der Waals surface area (Å²) in [4.78, 5) is 40.7. The van der Waals surface area contributed by atoms with E-state index in [9.17, 15) is 19.5 Å². The monoisotopic (exact) mass is 399 g/mol. The molecule has 0 aliphatic heterocycles. The molecule has 0 amide bonds. The van der Waals surface area contributed by atoms with Crippen molar-refractivity contribution in [2.24, 2.45) is 5.41 Å². The zero-order valence-corrected chi connectivity index (χ0v) is 17.2. The van der Waals surface area contributed by atoms with Crippen LogP contribution in [-0.4, -0.2) is 34.8 Å². The van der Waals surface area contributed by atoms with Crippen LogP contribution in [0.1, 0.15) is 64.0 Å². The number of aromatic nitrogens is 1. The number of benzene rings is 1. The van der Waals surface area contributed by atoms with Gasteiger partial charge in [-0.25, -0.2) is 9.59 Å². The Kier molecular flexibility index (Phi) is 6.74. The normalized spacial score (nSPS) is 11.1. The minimum absolute atomic E-state index is 0.0295. The first-order valence-corrected chi connectivity index (χ1v) is 9.14. The van der Waals surface area contributed by atoms with Crippen LogP contribution in [0.5, 0.6) is 0 Å². The number of esters is 2. The summed E-state index contributed by atoms with van der Waals surface area (Å²) >= 11 is 0. The molecule has 0 atom stereocenters. The molecule has 0 unspecified atom stereocenters. The lowest BCUT2D eigenvalue weighted by molar-refractivity contribution is -0.161. The molecule has 0 saturated carbocycles. The zero-order valence-electron chi connectivity index (χ0n) is 17.2. The highest BCUT2D eigenvalue weighted by atomic mass is 16.7. The van der Waals surface area contributed by atoms with Gasteiger partial charge in [0.25, 0.3) is 0 Å². The van der Waals surface area contributed by atoms with Crippen molar-refractivity contribution in [2.75, 3.05) is 6.79 Å². The molecule has 1 heterocycles. The summed E-state index contributed by atoms with van der Waals surface area (Å²) in [6.45, 7) is 7.69. The van der Waals surface area contributed by atoms with Gasteiger partial charge in [-0.1, -0.05) is 30.3 Å². The first-order valence-electron chi connectivity index (χ1n) is 9.14. The van der Waals surface area contributed by atoms with Gasteiger partial charge in [0.15, 0.2) is 0 Å². The maximum atomic E-state index is 12.7. The van der Waals surface area contributed by atoms with E-state index in [1.807, 2.05) is 30.3 Å². The molecule has 29 heavy (non-hydrogen) atoms. The van der Waals surface area contributed by atoms with Gasteiger partial charge in [-0.05, 0) is 52.2 Å². The van der Waals surface area contributed by atoms with Gasteiger partial charge < -0.3 is 14.6 Å². The molecule has 0 aliphatic rings. The summed E-state index contributed by atoms with van der Waals surface area (Å²) in [7, 11) is 0. The summed E-state index contributed by atoms with van der Waals surface area (Å²) in [5.41, 5.74) is 1.14. The Bertz CT molecular complexity index is 929. The van der Waals surface area contributed by atoms with E-state index in [1.54, 1.807) is 34.6 Å². The molecule has 7 nitrogen and oxygen atoms in total. The average Bonchev–Trinajstić information content (AvgIpc) is 2.60. The number of pyridine rings is 1. The Morgan fingerprint density at radius 3 is 2.10 bits per heavy atom. The van der Waals surface area contributed by atoms with Crippen LogP contribution in [0.3, 0.4) is 0 Å². The highest BCUT2D eigenvalue weighted by molar-refractivity contribution is 5.99. The average molecular weight is 399 g/mol. The van der Waals surface area contributed by atoms with E-state index < -0.39 is 30.1 Å². The fourth-order valence-electron chi connectivity index (χ4n) is 2.88. The first kappa shape index (κ1) is 22.1. The summed E-state index contributed by atoms with van der Waals surface area (Å²) < 4.78 is 10.1. The van der Waals surface area contributed by atoms with E-state index in [-0.39, 0.29) is 17.5 Å². The molecule has 2 aromatic rings. The molecule has 0 radical (unpaired) electrons. The molecule has 1 aromatic heterocycles. The van der Waals surface area contributed by atoms with Crippen molar-refractivity contribution in [3.8, 4) is 0 Å². The van der Waals surface area contributed by atoms with Crippen molar-refractivity contribution in [3.63, 3.8) is 0 Å². The fourth-order valence-corrected chi connectivity index (χ4v) is 2.88. The maximum Gasteiger partial charge on any atom is 0.343 e. The van der Waals surface area contributed by atoms with Crippen molar-refractivity contribution in [1.82, 2.24) is 4.98 Å². The van der Waals surface area contributed by atoms with Gasteiger partial charge in [0.1, 0.15) is 0 Å². The first-order chi connectivity index (χ1) is 13.5. The highest BCUT2D eigenvalue weighted by Gasteiger charge is 2.27. The van der Waals surface area contributed by atoms with Crippen LogP contribution in [0, 0.1) is 19.3 Å². The number of rotatable bonds is 6. The molecule has 2 rings (SSSR count). The third-order valence-corrected chi connectivity index (χ3v) is 4.30. The number of aryl methyl sites for hydroxylation is 2. The van der Waals surface area contributed by atoms with E-state index in [0.717, 1.165) is 5.56 Å². The quantitative estimate of drug-likeness (QED) is 0.584. The van der Waals surface area contributed by atoms with Crippen LogP contribution in [-0.2, 0) is 20.7 Å². The summed E-state index contributed by atoms with van der Waals surface area (Å²) in [5.74, 6) is -2.47. The number of carbonyl (C=O) groups is 3. The van der Waals surface area contributed by atoms with Crippen molar-refractivity contribution in [2.45, 2.75) is 41.0 Å². The predicted octanol–water partition coefficient (Wildman–Crippen LogP) is 3.69. The predicted molar refractivity (Wildman–Crippen MR) is 106 cm³/mol. The molecule has 154 valence electrons. The molecule has 7 heteroatoms. The van der Waals surface area contributed by atoms with Crippen LogP contribution < -0.4 is 0 Å². The van der Waals surface area contributed by atoms with E-state index in [4.69, 9.17) is 9.47 Å². The van der Waals surface area contributed by atoms with E-state index >= 15 is 0 Å². The van der Waals surface area contributed by atoms with Gasteiger partial charge in [0.05, 0.1) is 27.9 Å². The second kappa shape index (κ2) is 8.86. The molecular weight excluding hydrogens is 374 g/mol. The molecule has 0 aliphatic carbocycles. The lowest BCUT2D eigenvalue weighted by atomic mass is 9.93. The number of hydrogen-bond acceptors (Lipinski definition) is 6. The molecule has 0 saturated heterocycles. The summed E-state index contributed by atoms with van der Waals surface area (Å²) in [6, 6.07) is 9.21. The van der Waals surface area contributed by atoms with Crippen LogP contribution in [0.2, 0.25) is 0 Å². The van der Waals surface area contributed by atoms with Crippen molar-refractivity contribution < 1.29 is 29.0 Å². The Morgan fingerprint density at radius 1 is 0.966 bits per heavy atom. The molecule has 1 N–H and O–H groups in total. The fraction of sp³-hybridized carbons (Fsp3) is 0.364. The van der Waals surface area contributed by atoms with E-state index in [2.05, 4.69) is 4.98 Å². The van der Waals surface area contributed by atoms with Crippen LogP contribution in [0.25, 0.3) is 0 Å². The second-order valence-electron chi connectivity index (χ2n) is 7.71. The van der Waals surface area contributed by atoms with Crippen LogP contribution in [0.15, 0.2) is 30.3 Å². The number of ether oxygens (including phenoxy) is 2. The van der Waals surface area contributed by atoms with Crippen LogP contribution >= 0.6 is 0 Å². The maximum absolute atomic E-state index is 12.7. The number of carbonyl (C=O) groups excluding carboxylic acids is 2. The third kappa shape index (κ3) is 5.40. The van der Waals surface area contributed by atoms with Gasteiger partial charge in [-0.2, -0.15) is 0 Å². The van der Waals surface area contributed by atoms with Gasteiger partial charge in [-0.15, -0.1) is 0 Å². The van der Waals surface area contributed by atoms with Crippen molar-refractivity contribution in [1.29, 1.82) is 0 Å². The SMILES string of the molecule is Cc1nc(C)c(C(=O)OCOC(=O)C(C)(C)C)c(Cc2ccccc2)c1C(=O)O. The number of hydrogen-bond donors (Lipinski definition) is 1. The Morgan fingerprint density at radius 2 is 1.55 bits per heavy atom. The van der Waals surface area contributed by atoms with Crippen LogP contribution in [0.4, 0.5) is 0 Å². The molecule has 0 fully saturated rings. The lowest BCUT2D eigenvalue weighted by Crippen LogP contribution is -2.25. The van der Waals surface area contributed by atoms with Crippen molar-refractivity contribution in [3.05, 3.63) is 64.0 Å². The zero-order chi connectivity index (χ0) is 21.8. The summed E-state index contributed by atoms with van der Waals surface area (Å²) in [5, 5.41) is 9.70. The third-order valence-electron chi connectivity index (χ3n) is 4.30. The number of aromatic carboxylic acids is 1. The van der Waals surface area contributed by atoms with E-state index in [1.165, 1.54) is 0 Å². The molecule has 0 bridgehead atoms. The Labute approximate surface area is 169 Å². The molecule has 1 aromatic carbocycles. The Hall–Kier alpha value is -3.22. The minimum Gasteiger partial charge on any atom is -0.478 e. The van der Waals surface area contributed by atoms with Gasteiger partial charge >= 0.3 is 17.9 Å². The lowest BCUT2D eigenvalue weighted by Gasteiger charge is -2.18. The van der Waals surface area contributed by atoms with Crippen molar-refractivity contribution >= 4 is 17.9 Å². The standard InChI is InChI=1S/C22H25NO6/c1-13-17(19(24)25)16(11-15-9-7-6-8-10-15)18(14(2)23-13)20(26)28-12-29-21(27)22(3,4)5/h6-10H,11-12H2,1-5H3,(H,24,25). The van der Waals surface area contributed by atoms with Gasteiger partial charge in [-0.3, -0.25) is 9.78 Å². The number of nitrogens with zero attached hydrogens (tertiary/aromatic N) is 1. The molecular formula is C22H25NO6.